The Morgan fingerprint density at radius 2 is 1.94 bits per heavy atom. The average Bonchev–Trinajstić information content (AvgIpc) is 2.77. The standard InChI is InChI=1S/C13H16N2O2/c1-9(10(2)16)13-14-12(15-17-13)8-11-6-4-3-5-7-11/h3-7,9-10,16H,8H2,1-2H3. The highest BCUT2D eigenvalue weighted by atomic mass is 16.5. The summed E-state index contributed by atoms with van der Waals surface area (Å²) in [7, 11) is 0. The summed E-state index contributed by atoms with van der Waals surface area (Å²) in [6.45, 7) is 3.58. The normalized spacial score (nSPS) is 14.5. The Morgan fingerprint density at radius 3 is 2.59 bits per heavy atom. The van der Waals surface area contributed by atoms with Crippen LogP contribution >= 0.6 is 0 Å². The maximum Gasteiger partial charge on any atom is 0.232 e. The molecule has 0 bridgehead atoms. The lowest BCUT2D eigenvalue weighted by molar-refractivity contribution is 0.151. The number of aromatic nitrogens is 2. The van der Waals surface area contributed by atoms with E-state index < -0.39 is 6.10 Å². The summed E-state index contributed by atoms with van der Waals surface area (Å²) in [6, 6.07) is 9.98. The number of aliphatic hydroxyl groups excluding tert-OH is 1. The van der Waals surface area contributed by atoms with Crippen molar-refractivity contribution in [2.45, 2.75) is 32.3 Å². The monoisotopic (exact) mass is 232 g/mol. The highest BCUT2D eigenvalue weighted by Crippen LogP contribution is 2.17. The lowest BCUT2D eigenvalue weighted by Gasteiger charge is -2.07. The van der Waals surface area contributed by atoms with Gasteiger partial charge in [0.05, 0.1) is 12.0 Å². The van der Waals surface area contributed by atoms with Crippen molar-refractivity contribution in [3.05, 3.63) is 47.6 Å². The zero-order valence-electron chi connectivity index (χ0n) is 10.00. The molecule has 0 aliphatic carbocycles. The molecule has 0 aliphatic heterocycles. The molecule has 17 heavy (non-hydrogen) atoms. The molecule has 2 unspecified atom stereocenters. The van der Waals surface area contributed by atoms with Crippen molar-refractivity contribution < 1.29 is 9.63 Å². The number of hydrogen-bond acceptors (Lipinski definition) is 4. The molecule has 4 nitrogen and oxygen atoms in total. The van der Waals surface area contributed by atoms with Gasteiger partial charge in [0.15, 0.2) is 5.82 Å². The van der Waals surface area contributed by atoms with Crippen LogP contribution in [-0.4, -0.2) is 21.4 Å². The van der Waals surface area contributed by atoms with Gasteiger partial charge in [0, 0.05) is 6.42 Å². The van der Waals surface area contributed by atoms with Crippen LogP contribution in [0.1, 0.15) is 37.0 Å². The minimum absolute atomic E-state index is 0.132. The summed E-state index contributed by atoms with van der Waals surface area (Å²) in [5.41, 5.74) is 1.14. The molecule has 2 atom stereocenters. The quantitative estimate of drug-likeness (QED) is 0.877. The van der Waals surface area contributed by atoms with Gasteiger partial charge in [-0.15, -0.1) is 0 Å². The molecule has 1 aromatic heterocycles. The van der Waals surface area contributed by atoms with E-state index in [4.69, 9.17) is 4.52 Å². The van der Waals surface area contributed by atoms with Crippen LogP contribution in [0, 0.1) is 0 Å². The Kier molecular flexibility index (Phi) is 3.54. The summed E-state index contributed by atoms with van der Waals surface area (Å²) in [4.78, 5) is 4.29. The molecule has 1 N–H and O–H groups in total. The molecule has 0 amide bonds. The van der Waals surface area contributed by atoms with Gasteiger partial charge >= 0.3 is 0 Å². The van der Waals surface area contributed by atoms with Gasteiger partial charge in [-0.05, 0) is 12.5 Å². The Bertz CT molecular complexity index is 465. The second kappa shape index (κ2) is 5.10. The van der Waals surface area contributed by atoms with Gasteiger partial charge in [0.25, 0.3) is 0 Å². The van der Waals surface area contributed by atoms with Crippen molar-refractivity contribution >= 4 is 0 Å². The van der Waals surface area contributed by atoms with Crippen LogP contribution in [-0.2, 0) is 6.42 Å². The number of benzene rings is 1. The summed E-state index contributed by atoms with van der Waals surface area (Å²) in [5, 5.41) is 13.4. The molecule has 0 aliphatic rings. The van der Waals surface area contributed by atoms with Crippen LogP contribution < -0.4 is 0 Å². The lowest BCUT2D eigenvalue weighted by Crippen LogP contribution is -2.11. The van der Waals surface area contributed by atoms with Gasteiger partial charge in [-0.3, -0.25) is 0 Å². The van der Waals surface area contributed by atoms with E-state index in [9.17, 15) is 5.11 Å². The Balaban J connectivity index is 2.09. The maximum absolute atomic E-state index is 9.45. The largest absolute Gasteiger partial charge is 0.393 e. The summed E-state index contributed by atoms with van der Waals surface area (Å²) < 4.78 is 5.14. The molecule has 1 heterocycles. The zero-order chi connectivity index (χ0) is 12.3. The third kappa shape index (κ3) is 2.91. The van der Waals surface area contributed by atoms with E-state index in [1.165, 1.54) is 0 Å². The fourth-order valence-corrected chi connectivity index (χ4v) is 1.51. The smallest absolute Gasteiger partial charge is 0.232 e. The summed E-state index contributed by atoms with van der Waals surface area (Å²) in [6.07, 6.45) is 0.164. The fourth-order valence-electron chi connectivity index (χ4n) is 1.51. The van der Waals surface area contributed by atoms with Crippen LogP contribution in [0.5, 0.6) is 0 Å². The second-order valence-corrected chi connectivity index (χ2v) is 4.24. The number of hydrogen-bond donors (Lipinski definition) is 1. The Hall–Kier alpha value is -1.68. The number of nitrogens with zero attached hydrogens (tertiary/aromatic N) is 2. The molecular weight excluding hydrogens is 216 g/mol. The van der Waals surface area contributed by atoms with Crippen LogP contribution in [0.15, 0.2) is 34.9 Å². The van der Waals surface area contributed by atoms with Crippen molar-refractivity contribution in [2.24, 2.45) is 0 Å². The van der Waals surface area contributed by atoms with E-state index in [1.54, 1.807) is 6.92 Å². The summed E-state index contributed by atoms with van der Waals surface area (Å²) in [5.74, 6) is 1.01. The van der Waals surface area contributed by atoms with Crippen LogP contribution in [0.3, 0.4) is 0 Å². The lowest BCUT2D eigenvalue weighted by atomic mass is 10.1. The topological polar surface area (TPSA) is 59.2 Å². The second-order valence-electron chi connectivity index (χ2n) is 4.24. The Morgan fingerprint density at radius 1 is 1.24 bits per heavy atom. The molecule has 0 spiro atoms. The molecule has 4 heteroatoms. The molecule has 1 aromatic carbocycles. The van der Waals surface area contributed by atoms with Crippen molar-refractivity contribution in [3.8, 4) is 0 Å². The van der Waals surface area contributed by atoms with Crippen molar-refractivity contribution in [1.82, 2.24) is 10.1 Å². The molecule has 0 saturated heterocycles. The van der Waals surface area contributed by atoms with Gasteiger partial charge in [-0.25, -0.2) is 0 Å². The van der Waals surface area contributed by atoms with Crippen LogP contribution in [0.2, 0.25) is 0 Å². The SMILES string of the molecule is CC(O)C(C)c1nc(Cc2ccccc2)no1. The molecular formula is C13H16N2O2. The fraction of sp³-hybridized carbons (Fsp3) is 0.385. The predicted molar refractivity (Wildman–Crippen MR) is 63.6 cm³/mol. The third-order valence-corrected chi connectivity index (χ3v) is 2.80. The van der Waals surface area contributed by atoms with Gasteiger partial charge in [0.2, 0.25) is 5.89 Å². The maximum atomic E-state index is 9.45. The van der Waals surface area contributed by atoms with Crippen LogP contribution in [0.25, 0.3) is 0 Å². The van der Waals surface area contributed by atoms with E-state index in [0.29, 0.717) is 18.1 Å². The minimum atomic E-state index is -0.486. The Labute approximate surface area is 100 Å². The van der Waals surface area contributed by atoms with E-state index in [-0.39, 0.29) is 5.92 Å². The first-order valence-corrected chi connectivity index (χ1v) is 5.71. The number of rotatable bonds is 4. The highest BCUT2D eigenvalue weighted by Gasteiger charge is 2.18. The first-order chi connectivity index (χ1) is 8.16. The van der Waals surface area contributed by atoms with Gasteiger partial charge in [-0.1, -0.05) is 42.4 Å². The minimum Gasteiger partial charge on any atom is -0.393 e. The van der Waals surface area contributed by atoms with Gasteiger partial charge in [-0.2, -0.15) is 4.98 Å². The van der Waals surface area contributed by atoms with Crippen molar-refractivity contribution in [1.29, 1.82) is 0 Å². The van der Waals surface area contributed by atoms with Gasteiger partial charge in [0.1, 0.15) is 0 Å². The van der Waals surface area contributed by atoms with Crippen molar-refractivity contribution in [3.63, 3.8) is 0 Å². The number of aliphatic hydroxyl groups is 1. The molecule has 2 rings (SSSR count). The molecule has 90 valence electrons. The first-order valence-electron chi connectivity index (χ1n) is 5.71. The van der Waals surface area contributed by atoms with Crippen molar-refractivity contribution in [2.75, 3.05) is 0 Å². The molecule has 0 fully saturated rings. The highest BCUT2D eigenvalue weighted by molar-refractivity contribution is 5.18. The van der Waals surface area contributed by atoms with E-state index in [0.717, 1.165) is 5.56 Å². The zero-order valence-corrected chi connectivity index (χ0v) is 10.00. The van der Waals surface area contributed by atoms with Gasteiger partial charge < -0.3 is 9.63 Å². The molecule has 0 saturated carbocycles. The average molecular weight is 232 g/mol. The van der Waals surface area contributed by atoms with Crippen LogP contribution in [0.4, 0.5) is 0 Å². The first kappa shape index (κ1) is 11.8. The predicted octanol–water partition coefficient (Wildman–Crippen LogP) is 2.14. The third-order valence-electron chi connectivity index (χ3n) is 2.80. The molecule has 2 aromatic rings. The van der Waals surface area contributed by atoms with E-state index in [2.05, 4.69) is 10.1 Å². The van der Waals surface area contributed by atoms with E-state index >= 15 is 0 Å². The van der Waals surface area contributed by atoms with E-state index in [1.807, 2.05) is 37.3 Å². The summed E-state index contributed by atoms with van der Waals surface area (Å²) >= 11 is 0. The molecule has 0 radical (unpaired) electrons.